The molecule has 2 heterocycles. The van der Waals surface area contributed by atoms with Gasteiger partial charge in [-0.25, -0.2) is 0 Å². The van der Waals surface area contributed by atoms with E-state index >= 15 is 0 Å². The lowest BCUT2D eigenvalue weighted by atomic mass is 10.1. The quantitative estimate of drug-likeness (QED) is 0.784. The molecule has 0 atom stereocenters. The first kappa shape index (κ1) is 11.7. The molecule has 0 spiro atoms. The fourth-order valence-electron chi connectivity index (χ4n) is 1.40. The Morgan fingerprint density at radius 2 is 2.35 bits per heavy atom. The van der Waals surface area contributed by atoms with Gasteiger partial charge < -0.3 is 9.15 Å². The van der Waals surface area contributed by atoms with E-state index in [1.807, 2.05) is 6.92 Å². The van der Waals surface area contributed by atoms with Crippen molar-refractivity contribution in [3.8, 4) is 5.75 Å². The van der Waals surface area contributed by atoms with Gasteiger partial charge in [0.2, 0.25) is 5.22 Å². The van der Waals surface area contributed by atoms with Crippen molar-refractivity contribution in [2.75, 3.05) is 6.61 Å². The highest BCUT2D eigenvalue weighted by Crippen LogP contribution is 2.21. The lowest BCUT2D eigenvalue weighted by Gasteiger charge is -2.03. The summed E-state index contributed by atoms with van der Waals surface area (Å²) in [6.45, 7) is 2.38. The number of hydrogen-bond donors (Lipinski definition) is 0. The van der Waals surface area contributed by atoms with Crippen LogP contribution in [-0.4, -0.2) is 17.4 Å². The summed E-state index contributed by atoms with van der Waals surface area (Å²) >= 11 is 5.75. The number of aromatic nitrogens is 1. The second kappa shape index (κ2) is 5.01. The van der Waals surface area contributed by atoms with Crippen molar-refractivity contribution in [3.63, 3.8) is 0 Å². The standard InChI is InChI=1S/C12H10ClNO3/c1-2-16-9-5-8(6-14-7-9)11(15)10-3-4-17-12(10)13/h3-7H,2H2,1H3. The minimum Gasteiger partial charge on any atom is -0.492 e. The van der Waals surface area contributed by atoms with Crippen LogP contribution in [0.25, 0.3) is 0 Å². The summed E-state index contributed by atoms with van der Waals surface area (Å²) < 4.78 is 10.2. The van der Waals surface area contributed by atoms with Gasteiger partial charge in [-0.05, 0) is 30.7 Å². The highest BCUT2D eigenvalue weighted by atomic mass is 35.5. The van der Waals surface area contributed by atoms with Gasteiger partial charge in [0.25, 0.3) is 0 Å². The number of nitrogens with zero attached hydrogens (tertiary/aromatic N) is 1. The van der Waals surface area contributed by atoms with Crippen LogP contribution in [0.15, 0.2) is 35.2 Å². The molecular weight excluding hydrogens is 242 g/mol. The summed E-state index contributed by atoms with van der Waals surface area (Å²) in [4.78, 5) is 16.0. The molecule has 0 amide bonds. The van der Waals surface area contributed by atoms with Gasteiger partial charge in [0.05, 0.1) is 24.6 Å². The third kappa shape index (κ3) is 2.47. The van der Waals surface area contributed by atoms with E-state index in [-0.39, 0.29) is 11.0 Å². The van der Waals surface area contributed by atoms with Crippen molar-refractivity contribution < 1.29 is 13.9 Å². The number of carbonyl (C=O) groups is 1. The van der Waals surface area contributed by atoms with Crippen LogP contribution in [0.5, 0.6) is 5.75 Å². The molecule has 0 saturated carbocycles. The predicted octanol–water partition coefficient (Wildman–Crippen LogP) is 2.96. The zero-order valence-corrected chi connectivity index (χ0v) is 9.90. The van der Waals surface area contributed by atoms with Gasteiger partial charge in [-0.15, -0.1) is 0 Å². The number of carbonyl (C=O) groups excluding carboxylic acids is 1. The molecular formula is C12H10ClNO3. The second-order valence-electron chi connectivity index (χ2n) is 3.28. The molecule has 0 aliphatic carbocycles. The largest absolute Gasteiger partial charge is 0.492 e. The molecule has 4 nitrogen and oxygen atoms in total. The topological polar surface area (TPSA) is 52.3 Å². The molecule has 5 heteroatoms. The Morgan fingerprint density at radius 3 is 3.00 bits per heavy atom. The highest BCUT2D eigenvalue weighted by Gasteiger charge is 2.16. The molecule has 0 N–H and O–H groups in total. The van der Waals surface area contributed by atoms with E-state index in [4.69, 9.17) is 20.8 Å². The number of pyridine rings is 1. The first-order valence-corrected chi connectivity index (χ1v) is 5.45. The molecule has 0 bridgehead atoms. The van der Waals surface area contributed by atoms with E-state index in [1.54, 1.807) is 12.3 Å². The molecule has 0 radical (unpaired) electrons. The SMILES string of the molecule is CCOc1cncc(C(=O)c2ccoc2Cl)c1. The van der Waals surface area contributed by atoms with Crippen LogP contribution in [0, 0.1) is 0 Å². The molecule has 0 aliphatic rings. The Hall–Kier alpha value is -1.81. The zero-order valence-electron chi connectivity index (χ0n) is 9.14. The molecule has 2 rings (SSSR count). The number of ketones is 1. The highest BCUT2D eigenvalue weighted by molar-refractivity contribution is 6.33. The van der Waals surface area contributed by atoms with E-state index in [0.717, 1.165) is 0 Å². The van der Waals surface area contributed by atoms with Gasteiger partial charge in [-0.3, -0.25) is 9.78 Å². The van der Waals surface area contributed by atoms with Crippen molar-refractivity contribution in [2.45, 2.75) is 6.92 Å². The fraction of sp³-hybridized carbons (Fsp3) is 0.167. The van der Waals surface area contributed by atoms with E-state index in [9.17, 15) is 4.79 Å². The Morgan fingerprint density at radius 1 is 1.53 bits per heavy atom. The Balaban J connectivity index is 2.31. The normalized spacial score (nSPS) is 10.2. The summed E-state index contributed by atoms with van der Waals surface area (Å²) in [6, 6.07) is 3.15. The third-order valence-electron chi connectivity index (χ3n) is 2.15. The Bertz CT molecular complexity index is 536. The zero-order chi connectivity index (χ0) is 12.3. The summed E-state index contributed by atoms with van der Waals surface area (Å²) in [6.07, 6.45) is 4.39. The van der Waals surface area contributed by atoms with Crippen LogP contribution < -0.4 is 4.74 Å². The molecule has 0 fully saturated rings. The summed E-state index contributed by atoms with van der Waals surface area (Å²) in [7, 11) is 0. The lowest BCUT2D eigenvalue weighted by molar-refractivity contribution is 0.103. The number of rotatable bonds is 4. The maximum atomic E-state index is 12.0. The molecule has 0 aliphatic heterocycles. The monoisotopic (exact) mass is 251 g/mol. The second-order valence-corrected chi connectivity index (χ2v) is 3.62. The Kier molecular flexibility index (Phi) is 3.44. The number of halogens is 1. The maximum absolute atomic E-state index is 12.0. The number of furan rings is 1. The van der Waals surface area contributed by atoms with Gasteiger partial charge in [-0.1, -0.05) is 0 Å². The van der Waals surface area contributed by atoms with Crippen LogP contribution in [0.3, 0.4) is 0 Å². The van der Waals surface area contributed by atoms with Crippen molar-refractivity contribution in [1.29, 1.82) is 0 Å². The average Bonchev–Trinajstić information content (AvgIpc) is 2.75. The summed E-state index contributed by atoms with van der Waals surface area (Å²) in [5.74, 6) is 0.316. The fourth-order valence-corrected chi connectivity index (χ4v) is 1.60. The first-order valence-electron chi connectivity index (χ1n) is 5.08. The van der Waals surface area contributed by atoms with Crippen LogP contribution >= 0.6 is 11.6 Å². The van der Waals surface area contributed by atoms with Gasteiger partial charge >= 0.3 is 0 Å². The number of hydrogen-bond acceptors (Lipinski definition) is 4. The van der Waals surface area contributed by atoms with Crippen molar-refractivity contribution in [2.24, 2.45) is 0 Å². The molecule has 17 heavy (non-hydrogen) atoms. The third-order valence-corrected chi connectivity index (χ3v) is 2.44. The lowest BCUT2D eigenvalue weighted by Crippen LogP contribution is -2.02. The number of ether oxygens (including phenoxy) is 1. The molecule has 88 valence electrons. The molecule has 0 unspecified atom stereocenters. The average molecular weight is 252 g/mol. The van der Waals surface area contributed by atoms with Crippen LogP contribution in [0.1, 0.15) is 22.8 Å². The molecule has 0 saturated heterocycles. The van der Waals surface area contributed by atoms with Gasteiger partial charge in [0.1, 0.15) is 5.75 Å². The van der Waals surface area contributed by atoms with Crippen LogP contribution in [-0.2, 0) is 0 Å². The molecule has 2 aromatic rings. The van der Waals surface area contributed by atoms with Crippen molar-refractivity contribution in [1.82, 2.24) is 4.98 Å². The van der Waals surface area contributed by atoms with E-state index < -0.39 is 0 Å². The van der Waals surface area contributed by atoms with Crippen molar-refractivity contribution in [3.05, 3.63) is 47.1 Å². The summed E-state index contributed by atoms with van der Waals surface area (Å²) in [5, 5.41) is 0.0804. The predicted molar refractivity (Wildman–Crippen MR) is 62.6 cm³/mol. The van der Waals surface area contributed by atoms with E-state index in [0.29, 0.717) is 23.5 Å². The van der Waals surface area contributed by atoms with Crippen LogP contribution in [0.2, 0.25) is 5.22 Å². The van der Waals surface area contributed by atoms with Gasteiger partial charge in [0, 0.05) is 11.8 Å². The smallest absolute Gasteiger partial charge is 0.204 e. The van der Waals surface area contributed by atoms with Crippen molar-refractivity contribution >= 4 is 17.4 Å². The van der Waals surface area contributed by atoms with Gasteiger partial charge in [-0.2, -0.15) is 0 Å². The molecule has 0 aromatic carbocycles. The maximum Gasteiger partial charge on any atom is 0.204 e. The Labute approximate surface area is 103 Å². The summed E-state index contributed by atoms with van der Waals surface area (Å²) in [5.41, 5.74) is 0.737. The van der Waals surface area contributed by atoms with Crippen LogP contribution in [0.4, 0.5) is 0 Å². The van der Waals surface area contributed by atoms with E-state index in [2.05, 4.69) is 4.98 Å². The van der Waals surface area contributed by atoms with E-state index in [1.165, 1.54) is 18.5 Å². The first-order chi connectivity index (χ1) is 8.22. The minimum absolute atomic E-state index is 0.0804. The minimum atomic E-state index is -0.238. The molecule has 2 aromatic heterocycles. The van der Waals surface area contributed by atoms with Gasteiger partial charge in [0.15, 0.2) is 5.78 Å².